The first-order valence-electron chi connectivity index (χ1n) is 6.54. The highest BCUT2D eigenvalue weighted by Gasteiger charge is 2.19. The van der Waals surface area contributed by atoms with Gasteiger partial charge in [-0.1, -0.05) is 15.9 Å². The van der Waals surface area contributed by atoms with E-state index in [4.69, 9.17) is 0 Å². The molecule has 21 heavy (non-hydrogen) atoms. The molecule has 5 nitrogen and oxygen atoms in total. The van der Waals surface area contributed by atoms with Gasteiger partial charge in [-0.15, -0.1) is 0 Å². The van der Waals surface area contributed by atoms with Crippen LogP contribution < -0.4 is 4.72 Å². The lowest BCUT2D eigenvalue weighted by Gasteiger charge is -2.18. The molecular weight excluding hydrogens is 363 g/mol. The van der Waals surface area contributed by atoms with Gasteiger partial charge < -0.3 is 4.90 Å². The minimum absolute atomic E-state index is 0.0407. The highest BCUT2D eigenvalue weighted by atomic mass is 79.9. The van der Waals surface area contributed by atoms with Gasteiger partial charge in [-0.2, -0.15) is 0 Å². The second-order valence-electron chi connectivity index (χ2n) is 4.29. The average molecular weight is 381 g/mol. The number of benzene rings is 1. The van der Waals surface area contributed by atoms with Gasteiger partial charge in [0.1, 0.15) is 10.7 Å². The van der Waals surface area contributed by atoms with Crippen molar-refractivity contribution in [1.29, 1.82) is 0 Å². The maximum Gasteiger partial charge on any atom is 0.243 e. The van der Waals surface area contributed by atoms with Crippen molar-refractivity contribution in [3.63, 3.8) is 0 Å². The van der Waals surface area contributed by atoms with E-state index in [1.165, 1.54) is 12.1 Å². The van der Waals surface area contributed by atoms with Crippen LogP contribution >= 0.6 is 15.9 Å². The number of sulfonamides is 1. The SMILES string of the molecule is CCN(CC)C(=O)CCNS(=O)(=O)c1ccc(Br)cc1F. The topological polar surface area (TPSA) is 66.5 Å². The van der Waals surface area contributed by atoms with Gasteiger partial charge >= 0.3 is 0 Å². The summed E-state index contributed by atoms with van der Waals surface area (Å²) in [5, 5.41) is 0. The lowest BCUT2D eigenvalue weighted by Crippen LogP contribution is -2.34. The molecule has 0 aromatic heterocycles. The quantitative estimate of drug-likeness (QED) is 0.787. The summed E-state index contributed by atoms with van der Waals surface area (Å²) in [5.41, 5.74) is 0. The molecule has 1 aromatic rings. The van der Waals surface area contributed by atoms with Gasteiger partial charge in [0.05, 0.1) is 0 Å². The molecule has 118 valence electrons. The van der Waals surface area contributed by atoms with Crippen LogP contribution in [-0.2, 0) is 14.8 Å². The molecule has 0 radical (unpaired) electrons. The molecule has 0 aliphatic carbocycles. The first kappa shape index (κ1) is 18.1. The Balaban J connectivity index is 2.68. The predicted molar refractivity (Wildman–Crippen MR) is 81.8 cm³/mol. The van der Waals surface area contributed by atoms with Gasteiger partial charge in [-0.3, -0.25) is 4.79 Å². The van der Waals surface area contributed by atoms with Crippen molar-refractivity contribution in [1.82, 2.24) is 9.62 Å². The van der Waals surface area contributed by atoms with Crippen molar-refractivity contribution in [3.8, 4) is 0 Å². The largest absolute Gasteiger partial charge is 0.343 e. The molecular formula is C13H18BrFN2O3S. The second kappa shape index (κ2) is 7.86. The monoisotopic (exact) mass is 380 g/mol. The second-order valence-corrected chi connectivity index (χ2v) is 6.94. The van der Waals surface area contributed by atoms with E-state index < -0.39 is 20.7 Å². The fourth-order valence-electron chi connectivity index (χ4n) is 1.80. The molecule has 0 aliphatic rings. The first-order chi connectivity index (χ1) is 9.81. The molecule has 0 fully saturated rings. The lowest BCUT2D eigenvalue weighted by molar-refractivity contribution is -0.130. The summed E-state index contributed by atoms with van der Waals surface area (Å²) in [6.07, 6.45) is 0.0407. The fourth-order valence-corrected chi connectivity index (χ4v) is 3.22. The summed E-state index contributed by atoms with van der Waals surface area (Å²) in [6.45, 7) is 4.78. The number of halogens is 2. The Morgan fingerprint density at radius 2 is 1.95 bits per heavy atom. The van der Waals surface area contributed by atoms with Gasteiger partial charge in [0.2, 0.25) is 15.9 Å². The standard InChI is InChI=1S/C13H18BrFN2O3S/c1-3-17(4-2)13(18)7-8-16-21(19,20)12-6-5-10(14)9-11(12)15/h5-6,9,16H,3-4,7-8H2,1-2H3. The van der Waals surface area contributed by atoms with Crippen molar-refractivity contribution in [3.05, 3.63) is 28.5 Å². The maximum atomic E-state index is 13.6. The van der Waals surface area contributed by atoms with Gasteiger partial charge in [-0.05, 0) is 32.0 Å². The summed E-state index contributed by atoms with van der Waals surface area (Å²) < 4.78 is 40.3. The molecule has 1 amide bonds. The summed E-state index contributed by atoms with van der Waals surface area (Å²) in [5.74, 6) is -0.981. The Morgan fingerprint density at radius 1 is 1.33 bits per heavy atom. The number of carbonyl (C=O) groups is 1. The van der Waals surface area contributed by atoms with Crippen LogP contribution in [0, 0.1) is 5.82 Å². The normalized spacial score (nSPS) is 11.4. The van der Waals surface area contributed by atoms with Gasteiger partial charge in [0.25, 0.3) is 0 Å². The molecule has 0 atom stereocenters. The van der Waals surface area contributed by atoms with Crippen molar-refractivity contribution < 1.29 is 17.6 Å². The van der Waals surface area contributed by atoms with Crippen LogP contribution in [0.3, 0.4) is 0 Å². The molecule has 0 unspecified atom stereocenters. The molecule has 0 saturated heterocycles. The maximum absolute atomic E-state index is 13.6. The van der Waals surface area contributed by atoms with Crippen molar-refractivity contribution in [2.75, 3.05) is 19.6 Å². The van der Waals surface area contributed by atoms with Crippen molar-refractivity contribution in [2.45, 2.75) is 25.2 Å². The molecule has 0 aliphatic heterocycles. The molecule has 1 aromatic carbocycles. The Bertz CT molecular complexity index is 603. The van der Waals surface area contributed by atoms with Gasteiger partial charge in [-0.25, -0.2) is 17.5 Å². The highest BCUT2D eigenvalue weighted by Crippen LogP contribution is 2.19. The Hall–Kier alpha value is -0.990. The summed E-state index contributed by atoms with van der Waals surface area (Å²) in [4.78, 5) is 12.9. The first-order valence-corrected chi connectivity index (χ1v) is 8.82. The fraction of sp³-hybridized carbons (Fsp3) is 0.462. The van der Waals surface area contributed by atoms with E-state index in [0.717, 1.165) is 6.07 Å². The van der Waals surface area contributed by atoms with Gasteiger partial charge in [0, 0.05) is 30.5 Å². The van der Waals surface area contributed by atoms with Crippen LogP contribution in [0.15, 0.2) is 27.6 Å². The number of nitrogens with zero attached hydrogens (tertiary/aromatic N) is 1. The molecule has 1 rings (SSSR count). The molecule has 0 bridgehead atoms. The molecule has 0 saturated carbocycles. The van der Waals surface area contributed by atoms with Crippen LogP contribution in [0.2, 0.25) is 0 Å². The number of carbonyl (C=O) groups excluding carboxylic acids is 1. The van der Waals surface area contributed by atoms with Crippen LogP contribution in [0.4, 0.5) is 4.39 Å². The van der Waals surface area contributed by atoms with Gasteiger partial charge in [0.15, 0.2) is 0 Å². The van der Waals surface area contributed by atoms with E-state index in [0.29, 0.717) is 17.6 Å². The number of amides is 1. The summed E-state index contributed by atoms with van der Waals surface area (Å²) in [6, 6.07) is 3.70. The molecule has 0 spiro atoms. The number of hydrogen-bond acceptors (Lipinski definition) is 3. The van der Waals surface area contributed by atoms with E-state index in [1.807, 2.05) is 13.8 Å². The third kappa shape index (κ3) is 5.05. The summed E-state index contributed by atoms with van der Waals surface area (Å²) in [7, 11) is -3.96. The minimum Gasteiger partial charge on any atom is -0.343 e. The third-order valence-corrected chi connectivity index (χ3v) is 4.92. The zero-order chi connectivity index (χ0) is 16.0. The van der Waals surface area contributed by atoms with Crippen molar-refractivity contribution in [2.24, 2.45) is 0 Å². The van der Waals surface area contributed by atoms with Crippen molar-refractivity contribution >= 4 is 31.9 Å². The van der Waals surface area contributed by atoms with Crippen LogP contribution in [0.5, 0.6) is 0 Å². The molecule has 1 N–H and O–H groups in total. The minimum atomic E-state index is -3.96. The molecule has 8 heteroatoms. The zero-order valence-corrected chi connectivity index (χ0v) is 14.3. The summed E-state index contributed by atoms with van der Waals surface area (Å²) >= 11 is 3.06. The van der Waals surface area contributed by atoms with E-state index in [-0.39, 0.29) is 18.9 Å². The average Bonchev–Trinajstić information content (AvgIpc) is 2.39. The highest BCUT2D eigenvalue weighted by molar-refractivity contribution is 9.10. The Labute approximate surface area is 132 Å². The predicted octanol–water partition coefficient (Wildman–Crippen LogP) is 2.12. The molecule has 0 heterocycles. The van der Waals surface area contributed by atoms with Crippen LogP contribution in [0.25, 0.3) is 0 Å². The smallest absolute Gasteiger partial charge is 0.243 e. The number of nitrogens with one attached hydrogen (secondary N) is 1. The number of rotatable bonds is 7. The number of hydrogen-bond donors (Lipinski definition) is 1. The van der Waals surface area contributed by atoms with E-state index in [9.17, 15) is 17.6 Å². The van der Waals surface area contributed by atoms with Crippen LogP contribution in [-0.4, -0.2) is 38.9 Å². The third-order valence-electron chi connectivity index (χ3n) is 2.93. The van der Waals surface area contributed by atoms with E-state index in [1.54, 1.807) is 4.90 Å². The van der Waals surface area contributed by atoms with E-state index in [2.05, 4.69) is 20.7 Å². The zero-order valence-electron chi connectivity index (χ0n) is 11.9. The van der Waals surface area contributed by atoms with E-state index >= 15 is 0 Å². The Morgan fingerprint density at radius 3 is 2.48 bits per heavy atom. The lowest BCUT2D eigenvalue weighted by atomic mass is 10.3. The Kier molecular flexibility index (Phi) is 6.76. The van der Waals surface area contributed by atoms with Crippen LogP contribution in [0.1, 0.15) is 20.3 Å².